The number of likely N-dealkylation sites (tertiary alicyclic amines) is 2. The van der Waals surface area contributed by atoms with Crippen LogP contribution in [-0.2, 0) is 4.79 Å². The van der Waals surface area contributed by atoms with Crippen LogP contribution >= 0.6 is 0 Å². The molecular weight excluding hydrogens is 190 g/mol. The highest BCUT2D eigenvalue weighted by Gasteiger charge is 2.44. The van der Waals surface area contributed by atoms with Crippen LogP contribution in [0.1, 0.15) is 6.42 Å². The van der Waals surface area contributed by atoms with Crippen LogP contribution in [0.2, 0.25) is 0 Å². The SMILES string of the molecule is C=CC(=O)N1CC(N2C[C@H]3C[C@@H]2CN3)C1. The molecule has 0 unspecified atom stereocenters. The number of amides is 1. The molecule has 4 heteroatoms. The minimum Gasteiger partial charge on any atom is -0.336 e. The van der Waals surface area contributed by atoms with Crippen LogP contribution in [0.4, 0.5) is 0 Å². The Morgan fingerprint density at radius 3 is 2.67 bits per heavy atom. The van der Waals surface area contributed by atoms with Gasteiger partial charge in [0, 0.05) is 44.3 Å². The summed E-state index contributed by atoms with van der Waals surface area (Å²) < 4.78 is 0. The molecule has 0 aromatic carbocycles. The molecule has 2 bridgehead atoms. The number of hydrogen-bond acceptors (Lipinski definition) is 3. The summed E-state index contributed by atoms with van der Waals surface area (Å²) in [5.74, 6) is 0.0775. The summed E-state index contributed by atoms with van der Waals surface area (Å²) in [6, 6.07) is 2.03. The van der Waals surface area contributed by atoms with E-state index in [4.69, 9.17) is 0 Å². The lowest BCUT2D eigenvalue weighted by Crippen LogP contribution is -2.63. The maximum Gasteiger partial charge on any atom is 0.246 e. The van der Waals surface area contributed by atoms with Crippen molar-refractivity contribution >= 4 is 5.91 Å². The van der Waals surface area contributed by atoms with E-state index in [0.717, 1.165) is 25.7 Å². The summed E-state index contributed by atoms with van der Waals surface area (Å²) in [6.45, 7) is 7.61. The summed E-state index contributed by atoms with van der Waals surface area (Å²) in [4.78, 5) is 15.7. The Bertz CT molecular complexity index is 298. The van der Waals surface area contributed by atoms with E-state index in [1.807, 2.05) is 4.90 Å². The Hall–Kier alpha value is -0.870. The van der Waals surface area contributed by atoms with Crippen molar-refractivity contribution in [3.05, 3.63) is 12.7 Å². The predicted molar refractivity (Wildman–Crippen MR) is 57.5 cm³/mol. The molecule has 3 saturated heterocycles. The van der Waals surface area contributed by atoms with Crippen LogP contribution < -0.4 is 5.32 Å². The smallest absolute Gasteiger partial charge is 0.246 e. The molecule has 0 radical (unpaired) electrons. The van der Waals surface area contributed by atoms with Crippen LogP contribution in [0.25, 0.3) is 0 Å². The van der Waals surface area contributed by atoms with E-state index in [0.29, 0.717) is 12.1 Å². The van der Waals surface area contributed by atoms with Gasteiger partial charge in [-0.05, 0) is 12.5 Å². The lowest BCUT2D eigenvalue weighted by atomic mass is 10.1. The van der Waals surface area contributed by atoms with Gasteiger partial charge in [0.1, 0.15) is 0 Å². The molecule has 0 saturated carbocycles. The minimum atomic E-state index is 0.0775. The zero-order valence-corrected chi connectivity index (χ0v) is 8.85. The fourth-order valence-corrected chi connectivity index (χ4v) is 3.01. The second-order valence-electron chi connectivity index (χ2n) is 4.79. The molecule has 4 nitrogen and oxygen atoms in total. The minimum absolute atomic E-state index is 0.0775. The number of rotatable bonds is 2. The summed E-state index contributed by atoms with van der Waals surface area (Å²) in [6.07, 6.45) is 2.71. The molecule has 3 rings (SSSR count). The van der Waals surface area contributed by atoms with E-state index in [2.05, 4.69) is 16.8 Å². The lowest BCUT2D eigenvalue weighted by Gasteiger charge is -2.46. The molecular formula is C11H17N3O. The molecule has 0 aromatic heterocycles. The zero-order chi connectivity index (χ0) is 10.4. The molecule has 15 heavy (non-hydrogen) atoms. The second kappa shape index (κ2) is 3.32. The van der Waals surface area contributed by atoms with Gasteiger partial charge < -0.3 is 10.2 Å². The monoisotopic (exact) mass is 207 g/mol. The fraction of sp³-hybridized carbons (Fsp3) is 0.727. The average Bonchev–Trinajstić information content (AvgIpc) is 2.76. The quantitative estimate of drug-likeness (QED) is 0.616. The van der Waals surface area contributed by atoms with Crippen molar-refractivity contribution in [1.82, 2.24) is 15.1 Å². The Morgan fingerprint density at radius 1 is 1.33 bits per heavy atom. The van der Waals surface area contributed by atoms with Crippen molar-refractivity contribution < 1.29 is 4.79 Å². The van der Waals surface area contributed by atoms with Crippen LogP contribution in [0.5, 0.6) is 0 Å². The first-order valence-electron chi connectivity index (χ1n) is 5.68. The van der Waals surface area contributed by atoms with Gasteiger partial charge in [-0.1, -0.05) is 6.58 Å². The van der Waals surface area contributed by atoms with Gasteiger partial charge >= 0.3 is 0 Å². The Balaban J connectivity index is 1.55. The van der Waals surface area contributed by atoms with E-state index in [1.54, 1.807) is 0 Å². The number of hydrogen-bond donors (Lipinski definition) is 1. The van der Waals surface area contributed by atoms with E-state index in [-0.39, 0.29) is 5.91 Å². The molecule has 0 spiro atoms. The summed E-state index contributed by atoms with van der Waals surface area (Å²) in [7, 11) is 0. The summed E-state index contributed by atoms with van der Waals surface area (Å²) in [5.41, 5.74) is 0. The first kappa shape index (κ1) is 9.36. The van der Waals surface area contributed by atoms with Crippen molar-refractivity contribution in [3.63, 3.8) is 0 Å². The van der Waals surface area contributed by atoms with Gasteiger partial charge in [-0.25, -0.2) is 0 Å². The third kappa shape index (κ3) is 1.40. The van der Waals surface area contributed by atoms with Gasteiger partial charge in [-0.2, -0.15) is 0 Å². The first-order valence-corrected chi connectivity index (χ1v) is 5.68. The highest BCUT2D eigenvalue weighted by molar-refractivity contribution is 5.87. The van der Waals surface area contributed by atoms with Gasteiger partial charge in [-0.15, -0.1) is 0 Å². The molecule has 0 aliphatic carbocycles. The van der Waals surface area contributed by atoms with Crippen molar-refractivity contribution in [1.29, 1.82) is 0 Å². The molecule has 82 valence electrons. The van der Waals surface area contributed by atoms with Gasteiger partial charge in [0.15, 0.2) is 0 Å². The van der Waals surface area contributed by atoms with Crippen molar-refractivity contribution in [3.8, 4) is 0 Å². The van der Waals surface area contributed by atoms with Gasteiger partial charge in [0.05, 0.1) is 0 Å². The summed E-state index contributed by atoms with van der Waals surface area (Å²) in [5, 5.41) is 3.50. The van der Waals surface area contributed by atoms with Crippen LogP contribution in [0.3, 0.4) is 0 Å². The Labute approximate surface area is 89.9 Å². The van der Waals surface area contributed by atoms with Gasteiger partial charge in [0.25, 0.3) is 0 Å². The largest absolute Gasteiger partial charge is 0.336 e. The van der Waals surface area contributed by atoms with Crippen molar-refractivity contribution in [2.24, 2.45) is 0 Å². The van der Waals surface area contributed by atoms with E-state index >= 15 is 0 Å². The van der Waals surface area contributed by atoms with E-state index in [1.165, 1.54) is 19.0 Å². The molecule has 3 heterocycles. The molecule has 3 fully saturated rings. The third-order valence-corrected chi connectivity index (χ3v) is 3.92. The van der Waals surface area contributed by atoms with Gasteiger partial charge in [-0.3, -0.25) is 9.69 Å². The predicted octanol–water partition coefficient (Wildman–Crippen LogP) is -0.571. The standard InChI is InChI=1S/C11H17N3O/c1-2-11(15)13-6-10(7-13)14-5-8-3-9(14)4-12-8/h2,8-10,12H,1,3-7H2/t8-,9-/m1/s1. The Morgan fingerprint density at radius 2 is 2.13 bits per heavy atom. The summed E-state index contributed by atoms with van der Waals surface area (Å²) >= 11 is 0. The lowest BCUT2D eigenvalue weighted by molar-refractivity contribution is -0.133. The molecule has 3 aliphatic heterocycles. The third-order valence-electron chi connectivity index (χ3n) is 3.92. The zero-order valence-electron chi connectivity index (χ0n) is 8.85. The molecule has 1 amide bonds. The van der Waals surface area contributed by atoms with Crippen molar-refractivity contribution in [2.75, 3.05) is 26.2 Å². The number of nitrogens with zero attached hydrogens (tertiary/aromatic N) is 2. The first-order chi connectivity index (χ1) is 7.28. The topological polar surface area (TPSA) is 35.6 Å². The maximum absolute atomic E-state index is 11.3. The second-order valence-corrected chi connectivity index (χ2v) is 4.79. The number of piperazine rings is 1. The Kier molecular flexibility index (Phi) is 2.07. The molecule has 2 atom stereocenters. The van der Waals surface area contributed by atoms with E-state index < -0.39 is 0 Å². The highest BCUT2D eigenvalue weighted by Crippen LogP contribution is 2.28. The van der Waals surface area contributed by atoms with Crippen LogP contribution in [0, 0.1) is 0 Å². The number of fused-ring (bicyclic) bond motifs is 2. The number of nitrogens with one attached hydrogen (secondary N) is 1. The molecule has 0 aromatic rings. The number of carbonyl (C=O) groups excluding carboxylic acids is 1. The maximum atomic E-state index is 11.3. The van der Waals surface area contributed by atoms with E-state index in [9.17, 15) is 4.79 Å². The normalized spacial score (nSPS) is 35.6. The van der Waals surface area contributed by atoms with Crippen molar-refractivity contribution in [2.45, 2.75) is 24.5 Å². The highest BCUT2D eigenvalue weighted by atomic mass is 16.2. The molecule has 1 N–H and O–H groups in total. The number of carbonyl (C=O) groups is 1. The fourth-order valence-electron chi connectivity index (χ4n) is 3.01. The average molecular weight is 207 g/mol. The van der Waals surface area contributed by atoms with Crippen LogP contribution in [-0.4, -0.2) is 60.0 Å². The van der Waals surface area contributed by atoms with Gasteiger partial charge in [0.2, 0.25) is 5.91 Å². The van der Waals surface area contributed by atoms with Crippen LogP contribution in [0.15, 0.2) is 12.7 Å². The molecule has 3 aliphatic rings.